The average molecular weight is 332 g/mol. The van der Waals surface area contributed by atoms with Gasteiger partial charge in [-0.05, 0) is 31.5 Å². The molecule has 0 aliphatic rings. The van der Waals surface area contributed by atoms with Gasteiger partial charge in [0.25, 0.3) is 0 Å². The summed E-state index contributed by atoms with van der Waals surface area (Å²) in [5, 5.41) is 8.21. The van der Waals surface area contributed by atoms with Crippen LogP contribution in [0, 0.1) is 6.92 Å². The molecular formula is C16H20N4O2S. The number of amides is 2. The fourth-order valence-corrected chi connectivity index (χ4v) is 2.79. The third-order valence-corrected chi connectivity index (χ3v) is 4.23. The molecule has 2 rings (SSSR count). The number of rotatable bonds is 5. The normalized spacial score (nSPS) is 11.8. The molecule has 0 spiro atoms. The van der Waals surface area contributed by atoms with E-state index in [0.29, 0.717) is 17.1 Å². The van der Waals surface area contributed by atoms with Gasteiger partial charge in [-0.2, -0.15) is 0 Å². The summed E-state index contributed by atoms with van der Waals surface area (Å²) in [4.78, 5) is 27.6. The molecule has 0 fully saturated rings. The number of nitrogens with one attached hydrogen (secondary N) is 2. The molecule has 1 heterocycles. The summed E-state index contributed by atoms with van der Waals surface area (Å²) >= 11 is 1.45. The van der Waals surface area contributed by atoms with E-state index in [2.05, 4.69) is 15.6 Å². The first-order valence-electron chi connectivity index (χ1n) is 7.23. The first-order chi connectivity index (χ1) is 10.8. The van der Waals surface area contributed by atoms with E-state index >= 15 is 0 Å². The van der Waals surface area contributed by atoms with Gasteiger partial charge >= 0.3 is 0 Å². The van der Waals surface area contributed by atoms with Crippen molar-refractivity contribution in [2.75, 3.05) is 10.6 Å². The monoisotopic (exact) mass is 332 g/mol. The molecule has 1 atom stereocenters. The van der Waals surface area contributed by atoms with Crippen molar-refractivity contribution in [3.63, 3.8) is 0 Å². The fraction of sp³-hybridized carbons (Fsp3) is 0.312. The lowest BCUT2D eigenvalue weighted by molar-refractivity contribution is -0.116. The zero-order chi connectivity index (χ0) is 17.0. The maximum Gasteiger partial charge on any atom is 0.230 e. The molecule has 0 saturated carbocycles. The zero-order valence-electron chi connectivity index (χ0n) is 13.3. The average Bonchev–Trinajstić information content (AvgIpc) is 2.90. The topological polar surface area (TPSA) is 97.1 Å². The second-order valence-corrected chi connectivity index (χ2v) is 6.29. The van der Waals surface area contributed by atoms with Gasteiger partial charge in [-0.15, -0.1) is 11.3 Å². The highest BCUT2D eigenvalue weighted by Crippen LogP contribution is 2.21. The molecule has 0 aliphatic heterocycles. The number of anilines is 2. The van der Waals surface area contributed by atoms with E-state index in [1.165, 1.54) is 18.3 Å². The Labute approximate surface area is 139 Å². The Morgan fingerprint density at radius 1 is 1.35 bits per heavy atom. The number of benzene rings is 1. The van der Waals surface area contributed by atoms with Crippen LogP contribution in [0.1, 0.15) is 36.2 Å². The molecule has 0 bridgehead atoms. The number of carbonyl (C=O) groups is 2. The van der Waals surface area contributed by atoms with Crippen LogP contribution in [0.15, 0.2) is 23.6 Å². The molecule has 0 saturated heterocycles. The van der Waals surface area contributed by atoms with Crippen LogP contribution < -0.4 is 16.4 Å². The van der Waals surface area contributed by atoms with Crippen molar-refractivity contribution in [1.82, 2.24) is 4.98 Å². The third-order valence-electron chi connectivity index (χ3n) is 3.13. The molecule has 2 aromatic rings. The number of nitrogens with two attached hydrogens (primary N) is 1. The quantitative estimate of drug-likeness (QED) is 0.784. The summed E-state index contributed by atoms with van der Waals surface area (Å²) in [6.07, 6.45) is 0.188. The maximum absolute atomic E-state index is 12.2. The number of hydrogen-bond acceptors (Lipinski definition) is 5. The van der Waals surface area contributed by atoms with E-state index in [0.717, 1.165) is 10.6 Å². The van der Waals surface area contributed by atoms with Crippen molar-refractivity contribution in [3.8, 4) is 0 Å². The molecular weight excluding hydrogens is 312 g/mol. The van der Waals surface area contributed by atoms with E-state index in [1.54, 1.807) is 12.1 Å². The Hall–Kier alpha value is -2.25. The highest BCUT2D eigenvalue weighted by Gasteiger charge is 2.11. The number of thiazole rings is 1. The van der Waals surface area contributed by atoms with Crippen LogP contribution in [0.4, 0.5) is 11.4 Å². The molecule has 6 nitrogen and oxygen atoms in total. The predicted molar refractivity (Wildman–Crippen MR) is 92.5 cm³/mol. The number of aryl methyl sites for hydroxylation is 1. The molecule has 0 radical (unpaired) electrons. The van der Waals surface area contributed by atoms with Crippen LogP contribution in [0.5, 0.6) is 0 Å². The minimum Gasteiger partial charge on any atom is -0.326 e. The first kappa shape index (κ1) is 17.1. The van der Waals surface area contributed by atoms with Crippen molar-refractivity contribution < 1.29 is 9.59 Å². The number of nitrogens with zero attached hydrogens (tertiary/aromatic N) is 1. The van der Waals surface area contributed by atoms with E-state index < -0.39 is 0 Å². The lowest BCUT2D eigenvalue weighted by Crippen LogP contribution is -2.16. The number of aromatic nitrogens is 1. The van der Waals surface area contributed by atoms with Gasteiger partial charge in [0.2, 0.25) is 11.8 Å². The summed E-state index contributed by atoms with van der Waals surface area (Å²) in [5.74, 6) is -0.313. The fourth-order valence-electron chi connectivity index (χ4n) is 2.01. The minimum atomic E-state index is -0.158. The van der Waals surface area contributed by atoms with Gasteiger partial charge in [0.15, 0.2) is 0 Å². The third kappa shape index (κ3) is 4.87. The molecule has 1 aromatic carbocycles. The Bertz CT molecular complexity index is 725. The molecule has 23 heavy (non-hydrogen) atoms. The minimum absolute atomic E-state index is 0.131. The van der Waals surface area contributed by atoms with E-state index in [4.69, 9.17) is 5.73 Å². The molecule has 4 N–H and O–H groups in total. The standard InChI is InChI=1S/C16H20N4O2S/c1-9-4-5-12(18-11(3)21)6-14(9)20-15(22)7-13-8-23-16(19-13)10(2)17/h4-6,8,10H,7,17H2,1-3H3,(H,18,21)(H,20,22). The Balaban J connectivity index is 2.05. The summed E-state index contributed by atoms with van der Waals surface area (Å²) < 4.78 is 0. The smallest absolute Gasteiger partial charge is 0.230 e. The lowest BCUT2D eigenvalue weighted by Gasteiger charge is -2.10. The predicted octanol–water partition coefficient (Wildman–Crippen LogP) is 2.61. The molecule has 1 aromatic heterocycles. The van der Waals surface area contributed by atoms with Gasteiger partial charge < -0.3 is 16.4 Å². The van der Waals surface area contributed by atoms with Crippen molar-refractivity contribution in [2.24, 2.45) is 5.73 Å². The number of carbonyl (C=O) groups excluding carboxylic acids is 2. The highest BCUT2D eigenvalue weighted by atomic mass is 32.1. The largest absolute Gasteiger partial charge is 0.326 e. The van der Waals surface area contributed by atoms with Crippen LogP contribution in [0.25, 0.3) is 0 Å². The molecule has 7 heteroatoms. The van der Waals surface area contributed by atoms with Gasteiger partial charge in [-0.3, -0.25) is 9.59 Å². The second kappa shape index (κ2) is 7.34. The van der Waals surface area contributed by atoms with Crippen LogP contribution in [0.3, 0.4) is 0 Å². The van der Waals surface area contributed by atoms with Gasteiger partial charge in [0.05, 0.1) is 18.2 Å². The maximum atomic E-state index is 12.2. The SMILES string of the molecule is CC(=O)Nc1ccc(C)c(NC(=O)Cc2csc(C(C)N)n2)c1. The van der Waals surface area contributed by atoms with Crippen LogP contribution >= 0.6 is 11.3 Å². The number of hydrogen-bond donors (Lipinski definition) is 3. The Kier molecular flexibility index (Phi) is 5.46. The van der Waals surface area contributed by atoms with Crippen LogP contribution in [0.2, 0.25) is 0 Å². The molecule has 0 aliphatic carbocycles. The van der Waals surface area contributed by atoms with Gasteiger partial charge in [-0.1, -0.05) is 6.07 Å². The van der Waals surface area contributed by atoms with Crippen molar-refractivity contribution >= 4 is 34.5 Å². The van der Waals surface area contributed by atoms with E-state index in [1.807, 2.05) is 25.3 Å². The zero-order valence-corrected chi connectivity index (χ0v) is 14.2. The van der Waals surface area contributed by atoms with E-state index in [-0.39, 0.29) is 24.3 Å². The Morgan fingerprint density at radius 3 is 2.70 bits per heavy atom. The summed E-state index contributed by atoms with van der Waals surface area (Å²) in [7, 11) is 0. The molecule has 122 valence electrons. The van der Waals surface area contributed by atoms with E-state index in [9.17, 15) is 9.59 Å². The van der Waals surface area contributed by atoms with Gasteiger partial charge in [0.1, 0.15) is 5.01 Å². The summed E-state index contributed by atoms with van der Waals surface area (Å²) in [5.41, 5.74) is 8.71. The lowest BCUT2D eigenvalue weighted by atomic mass is 10.1. The van der Waals surface area contributed by atoms with Gasteiger partial charge in [-0.25, -0.2) is 4.98 Å². The van der Waals surface area contributed by atoms with Crippen molar-refractivity contribution in [1.29, 1.82) is 0 Å². The highest BCUT2D eigenvalue weighted by molar-refractivity contribution is 7.09. The van der Waals surface area contributed by atoms with Crippen molar-refractivity contribution in [3.05, 3.63) is 39.8 Å². The first-order valence-corrected chi connectivity index (χ1v) is 8.11. The van der Waals surface area contributed by atoms with Crippen LogP contribution in [-0.2, 0) is 16.0 Å². The summed E-state index contributed by atoms with van der Waals surface area (Å²) in [6.45, 7) is 5.19. The second-order valence-electron chi connectivity index (χ2n) is 5.40. The molecule has 1 unspecified atom stereocenters. The Morgan fingerprint density at radius 2 is 2.09 bits per heavy atom. The van der Waals surface area contributed by atoms with Gasteiger partial charge in [0, 0.05) is 23.7 Å². The summed E-state index contributed by atoms with van der Waals surface area (Å²) in [6, 6.07) is 5.25. The van der Waals surface area contributed by atoms with Crippen LogP contribution in [-0.4, -0.2) is 16.8 Å². The molecule has 2 amide bonds. The van der Waals surface area contributed by atoms with Crippen molar-refractivity contribution in [2.45, 2.75) is 33.2 Å².